The van der Waals surface area contributed by atoms with E-state index < -0.39 is 0 Å². The maximum atomic E-state index is 6.65. The van der Waals surface area contributed by atoms with Gasteiger partial charge in [0.05, 0.1) is 22.1 Å². The van der Waals surface area contributed by atoms with Gasteiger partial charge in [0.2, 0.25) is 0 Å². The third-order valence-electron chi connectivity index (χ3n) is 9.41. The first-order valence-corrected chi connectivity index (χ1v) is 15.5. The Hall–Kier alpha value is -5.98. The number of hydrogen-bond acceptors (Lipinski definition) is 1. The zero-order valence-corrected chi connectivity index (χ0v) is 24.4. The smallest absolute Gasteiger partial charge is 0.143 e. The molecule has 6 aromatic carbocycles. The molecule has 1 aliphatic carbocycles. The Morgan fingerprint density at radius 3 is 2.18 bits per heavy atom. The monoisotopic (exact) mass is 574 g/mol. The molecule has 0 aliphatic heterocycles. The number of furan rings is 1. The van der Waals surface area contributed by atoms with Gasteiger partial charge in [-0.25, -0.2) is 0 Å². The molecule has 45 heavy (non-hydrogen) atoms. The molecule has 10 rings (SSSR count). The molecule has 0 spiro atoms. The molecule has 0 amide bonds. The Balaban J connectivity index is 1.17. The van der Waals surface area contributed by atoms with E-state index in [4.69, 9.17) is 4.42 Å². The van der Waals surface area contributed by atoms with Gasteiger partial charge in [0.25, 0.3) is 0 Å². The Kier molecular flexibility index (Phi) is 5.03. The Morgan fingerprint density at radius 2 is 1.29 bits per heavy atom. The number of nitrogens with zero attached hydrogens (tertiary/aromatic N) is 2. The second-order valence-electron chi connectivity index (χ2n) is 11.9. The van der Waals surface area contributed by atoms with Gasteiger partial charge in [0, 0.05) is 62.4 Å². The van der Waals surface area contributed by atoms with Gasteiger partial charge in [-0.05, 0) is 60.2 Å². The molecule has 0 radical (unpaired) electrons. The van der Waals surface area contributed by atoms with E-state index >= 15 is 0 Å². The zero-order chi connectivity index (χ0) is 29.5. The maximum absolute atomic E-state index is 6.65. The van der Waals surface area contributed by atoms with Crippen LogP contribution < -0.4 is 0 Å². The van der Waals surface area contributed by atoms with Crippen LogP contribution in [0, 0.1) is 11.8 Å². The highest BCUT2D eigenvalue weighted by atomic mass is 16.3. The second-order valence-corrected chi connectivity index (χ2v) is 11.9. The molecule has 3 heteroatoms. The molecular formula is C42H26N2O. The molecular weight excluding hydrogens is 548 g/mol. The number of fused-ring (bicyclic) bond motifs is 9. The molecule has 0 fully saturated rings. The largest absolute Gasteiger partial charge is 0.455 e. The van der Waals surface area contributed by atoms with Crippen molar-refractivity contribution in [1.82, 2.24) is 9.13 Å². The summed E-state index contributed by atoms with van der Waals surface area (Å²) < 4.78 is 11.4. The summed E-state index contributed by atoms with van der Waals surface area (Å²) in [5.74, 6) is 6.75. The van der Waals surface area contributed by atoms with E-state index in [0.717, 1.165) is 57.3 Å². The van der Waals surface area contributed by atoms with Crippen LogP contribution in [0.2, 0.25) is 0 Å². The normalized spacial score (nSPS) is 12.7. The van der Waals surface area contributed by atoms with E-state index in [0.29, 0.717) is 0 Å². The zero-order valence-electron chi connectivity index (χ0n) is 24.4. The highest BCUT2D eigenvalue weighted by Crippen LogP contribution is 2.40. The minimum Gasteiger partial charge on any atom is -0.455 e. The van der Waals surface area contributed by atoms with Gasteiger partial charge in [-0.2, -0.15) is 0 Å². The summed E-state index contributed by atoms with van der Waals surface area (Å²) in [6.07, 6.45) is 1.84. The highest BCUT2D eigenvalue weighted by Gasteiger charge is 2.20. The minimum absolute atomic E-state index is 0.887. The standard InChI is InChI=1S/C42H26N2O/c1-2-11-28(12-3-1)43-39-20-9-6-15-33(39)35-25-27(21-23-40(35)43)30-16-10-17-34-36-26-29(22-24-41(36)45-42(30)34)44-37-18-7-4-13-31(37)32-14-5-8-19-38(32)44/h1-4,6-7,9-13,15-18,20-26H,8,19H2. The van der Waals surface area contributed by atoms with E-state index in [2.05, 4.69) is 154 Å². The third kappa shape index (κ3) is 3.48. The molecule has 0 saturated heterocycles. The third-order valence-corrected chi connectivity index (χ3v) is 9.41. The fourth-order valence-electron chi connectivity index (χ4n) is 7.44. The van der Waals surface area contributed by atoms with Gasteiger partial charge >= 0.3 is 0 Å². The lowest BCUT2D eigenvalue weighted by Gasteiger charge is -2.12. The summed E-state index contributed by atoms with van der Waals surface area (Å²) >= 11 is 0. The lowest BCUT2D eigenvalue weighted by atomic mass is 10.00. The highest BCUT2D eigenvalue weighted by molar-refractivity contribution is 6.13. The molecule has 3 aromatic heterocycles. The van der Waals surface area contributed by atoms with Crippen molar-refractivity contribution in [2.45, 2.75) is 12.8 Å². The lowest BCUT2D eigenvalue weighted by molar-refractivity contribution is 0.670. The summed E-state index contributed by atoms with van der Waals surface area (Å²) in [7, 11) is 0. The number of benzene rings is 6. The van der Waals surface area contributed by atoms with Crippen LogP contribution in [-0.4, -0.2) is 9.13 Å². The van der Waals surface area contributed by atoms with Crippen LogP contribution in [0.3, 0.4) is 0 Å². The van der Waals surface area contributed by atoms with Crippen molar-refractivity contribution >= 4 is 54.6 Å². The van der Waals surface area contributed by atoms with Crippen molar-refractivity contribution in [2.24, 2.45) is 0 Å². The predicted octanol–water partition coefficient (Wildman–Crippen LogP) is 10.6. The average Bonchev–Trinajstić information content (AvgIpc) is 3.76. The van der Waals surface area contributed by atoms with Crippen LogP contribution in [0.4, 0.5) is 0 Å². The summed E-state index contributed by atoms with van der Waals surface area (Å²) in [6.45, 7) is 0. The van der Waals surface area contributed by atoms with Gasteiger partial charge in [0.1, 0.15) is 11.2 Å². The summed E-state index contributed by atoms with van der Waals surface area (Å²) in [5.41, 5.74) is 12.4. The van der Waals surface area contributed by atoms with E-state index in [9.17, 15) is 0 Å². The topological polar surface area (TPSA) is 23.0 Å². The van der Waals surface area contributed by atoms with E-state index in [-0.39, 0.29) is 0 Å². The maximum Gasteiger partial charge on any atom is 0.143 e. The molecule has 3 heterocycles. The van der Waals surface area contributed by atoms with Crippen LogP contribution in [0.15, 0.2) is 138 Å². The fourth-order valence-corrected chi connectivity index (χ4v) is 7.44. The first-order chi connectivity index (χ1) is 22.3. The molecule has 9 aromatic rings. The number of hydrogen-bond donors (Lipinski definition) is 0. The Morgan fingerprint density at radius 1 is 0.533 bits per heavy atom. The average molecular weight is 575 g/mol. The van der Waals surface area contributed by atoms with Crippen LogP contribution >= 0.6 is 0 Å². The van der Waals surface area contributed by atoms with Crippen molar-refractivity contribution in [3.8, 4) is 34.3 Å². The molecule has 0 atom stereocenters. The first kappa shape index (κ1) is 24.5. The van der Waals surface area contributed by atoms with Crippen LogP contribution in [0.5, 0.6) is 0 Å². The number of aromatic nitrogens is 2. The van der Waals surface area contributed by atoms with Gasteiger partial charge in [-0.1, -0.05) is 90.7 Å². The summed E-state index contributed by atoms with van der Waals surface area (Å²) in [6, 6.07) is 47.8. The van der Waals surface area contributed by atoms with Crippen molar-refractivity contribution < 1.29 is 4.42 Å². The van der Waals surface area contributed by atoms with Crippen LogP contribution in [0.1, 0.15) is 17.7 Å². The van der Waals surface area contributed by atoms with E-state index in [1.807, 2.05) is 0 Å². The number of rotatable bonds is 3. The van der Waals surface area contributed by atoms with Crippen molar-refractivity contribution in [2.75, 3.05) is 0 Å². The van der Waals surface area contributed by atoms with Gasteiger partial charge in [-0.15, -0.1) is 0 Å². The van der Waals surface area contributed by atoms with E-state index in [1.165, 1.54) is 44.0 Å². The fraction of sp³-hybridized carbons (Fsp3) is 0.0476. The van der Waals surface area contributed by atoms with Crippen LogP contribution in [-0.2, 0) is 6.42 Å². The molecule has 3 nitrogen and oxygen atoms in total. The van der Waals surface area contributed by atoms with Crippen molar-refractivity contribution in [3.63, 3.8) is 0 Å². The molecule has 0 bridgehead atoms. The van der Waals surface area contributed by atoms with Crippen molar-refractivity contribution in [1.29, 1.82) is 0 Å². The van der Waals surface area contributed by atoms with E-state index in [1.54, 1.807) is 0 Å². The molecule has 210 valence electrons. The van der Waals surface area contributed by atoms with Gasteiger partial charge in [-0.3, -0.25) is 0 Å². The molecule has 0 N–H and O–H groups in total. The quantitative estimate of drug-likeness (QED) is 0.193. The lowest BCUT2D eigenvalue weighted by Crippen LogP contribution is -2.03. The predicted molar refractivity (Wildman–Crippen MR) is 186 cm³/mol. The molecule has 1 aliphatic rings. The van der Waals surface area contributed by atoms with Crippen LogP contribution in [0.25, 0.3) is 77.1 Å². The first-order valence-electron chi connectivity index (χ1n) is 15.5. The van der Waals surface area contributed by atoms with Gasteiger partial charge < -0.3 is 13.6 Å². The Bertz CT molecular complexity index is 2710. The summed E-state index contributed by atoms with van der Waals surface area (Å²) in [5, 5.41) is 5.95. The second kappa shape index (κ2) is 9.26. The SMILES string of the molecule is C1#Cc2c(n(-c3ccc4oc5c(-c6ccc7c(c6)c6ccccc6n7-c6ccccc6)cccc5c4c3)c3ccccc23)CC1. The molecule has 0 saturated carbocycles. The number of para-hydroxylation sites is 4. The Labute approximate surface area is 259 Å². The summed E-state index contributed by atoms with van der Waals surface area (Å²) in [4.78, 5) is 0. The minimum atomic E-state index is 0.887. The van der Waals surface area contributed by atoms with Crippen molar-refractivity contribution in [3.05, 3.63) is 145 Å². The van der Waals surface area contributed by atoms with Gasteiger partial charge in [0.15, 0.2) is 0 Å². The molecule has 0 unspecified atom stereocenters.